The number of benzene rings is 1. The van der Waals surface area contributed by atoms with Crippen molar-refractivity contribution >= 4 is 23.1 Å². The Balaban J connectivity index is 1.31. The number of carbonyl (C=O) groups excluding carboxylic acids is 1. The molecule has 0 unspecified atom stereocenters. The van der Waals surface area contributed by atoms with Gasteiger partial charge in [0, 0.05) is 13.1 Å². The summed E-state index contributed by atoms with van der Waals surface area (Å²) in [5, 5.41) is 5.92. The maximum Gasteiger partial charge on any atom is 0.255 e. The van der Waals surface area contributed by atoms with Crippen LogP contribution in [0.2, 0.25) is 0 Å². The second-order valence-corrected chi connectivity index (χ2v) is 9.47. The standard InChI is InChI=1S/C26H25F2N5O/c27-18-2-1-3-19(28)24(18)20-10-21(25-22(31-20)12-30-26(25)34)32-23-9-8-17(11-29-23)33-13-15-4-5-16(14-33)7-6-15/h1-3,8-11,15-16H,4-7,12-14H2,(H,30,34)(H,29,31,32)/t15-,16+. The lowest BCUT2D eigenvalue weighted by Gasteiger charge is -2.24. The highest BCUT2D eigenvalue weighted by molar-refractivity contribution is 6.04. The summed E-state index contributed by atoms with van der Waals surface area (Å²) in [4.78, 5) is 23.8. The third-order valence-corrected chi connectivity index (χ3v) is 7.26. The van der Waals surface area contributed by atoms with Gasteiger partial charge in [-0.1, -0.05) is 6.07 Å². The molecule has 0 spiro atoms. The van der Waals surface area contributed by atoms with Gasteiger partial charge in [-0.05, 0) is 67.9 Å². The minimum absolute atomic E-state index is 0.130. The molecule has 3 aromatic rings. The first-order chi connectivity index (χ1) is 16.5. The Bertz CT molecular complexity index is 1220. The van der Waals surface area contributed by atoms with Crippen LogP contribution in [0.4, 0.5) is 26.0 Å². The summed E-state index contributed by atoms with van der Waals surface area (Å²) in [7, 11) is 0. The molecule has 2 aromatic heterocycles. The number of anilines is 3. The number of hydrogen-bond donors (Lipinski definition) is 2. The molecule has 34 heavy (non-hydrogen) atoms. The molecule has 3 aliphatic heterocycles. The normalized spacial score (nSPS) is 21.2. The summed E-state index contributed by atoms with van der Waals surface area (Å²) >= 11 is 0. The predicted octanol–water partition coefficient (Wildman–Crippen LogP) is 5.04. The first kappa shape index (κ1) is 21.0. The molecule has 2 bridgehead atoms. The van der Waals surface area contributed by atoms with Crippen molar-refractivity contribution in [1.82, 2.24) is 15.3 Å². The van der Waals surface area contributed by atoms with Crippen LogP contribution in [0.15, 0.2) is 42.6 Å². The van der Waals surface area contributed by atoms with Gasteiger partial charge in [0.05, 0.1) is 46.6 Å². The van der Waals surface area contributed by atoms with E-state index in [1.807, 2.05) is 18.3 Å². The molecule has 1 saturated carbocycles. The zero-order chi connectivity index (χ0) is 23.2. The Kier molecular flexibility index (Phi) is 5.16. The maximum absolute atomic E-state index is 14.4. The second-order valence-electron chi connectivity index (χ2n) is 9.47. The van der Waals surface area contributed by atoms with E-state index in [4.69, 9.17) is 0 Å². The van der Waals surface area contributed by atoms with Crippen LogP contribution in [-0.4, -0.2) is 29.0 Å². The van der Waals surface area contributed by atoms with Crippen molar-refractivity contribution in [2.45, 2.75) is 32.2 Å². The van der Waals surface area contributed by atoms with Crippen molar-refractivity contribution < 1.29 is 13.6 Å². The van der Waals surface area contributed by atoms with Gasteiger partial charge in [0.1, 0.15) is 17.5 Å². The van der Waals surface area contributed by atoms with Crippen molar-refractivity contribution in [3.63, 3.8) is 0 Å². The molecule has 1 aromatic carbocycles. The highest BCUT2D eigenvalue weighted by Gasteiger charge is 2.30. The van der Waals surface area contributed by atoms with Crippen molar-refractivity contribution in [3.05, 3.63) is 65.5 Å². The van der Waals surface area contributed by atoms with Gasteiger partial charge in [-0.15, -0.1) is 0 Å². The molecule has 4 aliphatic rings. The number of rotatable bonds is 4. The summed E-state index contributed by atoms with van der Waals surface area (Å²) in [5.41, 5.74) is 2.25. The minimum Gasteiger partial charge on any atom is -0.370 e. The van der Waals surface area contributed by atoms with E-state index in [2.05, 4.69) is 25.5 Å². The number of hydrogen-bond acceptors (Lipinski definition) is 5. The topological polar surface area (TPSA) is 70.2 Å². The number of amides is 1. The van der Waals surface area contributed by atoms with Crippen molar-refractivity contribution in [3.8, 4) is 11.3 Å². The number of nitrogens with one attached hydrogen (secondary N) is 2. The smallest absolute Gasteiger partial charge is 0.255 e. The average Bonchev–Trinajstić information content (AvgIpc) is 2.99. The molecule has 6 nitrogen and oxygen atoms in total. The van der Waals surface area contributed by atoms with Crippen LogP contribution in [0.25, 0.3) is 11.3 Å². The fourth-order valence-electron chi connectivity index (χ4n) is 5.49. The molecule has 7 rings (SSSR count). The highest BCUT2D eigenvalue weighted by Crippen LogP contribution is 2.36. The van der Waals surface area contributed by atoms with E-state index in [0.29, 0.717) is 22.8 Å². The molecule has 5 heterocycles. The van der Waals surface area contributed by atoms with Crippen LogP contribution in [0, 0.1) is 23.5 Å². The first-order valence-electron chi connectivity index (χ1n) is 11.8. The minimum atomic E-state index is -0.704. The van der Waals surface area contributed by atoms with Crippen LogP contribution in [0.1, 0.15) is 41.7 Å². The zero-order valence-electron chi connectivity index (χ0n) is 18.7. The van der Waals surface area contributed by atoms with Gasteiger partial charge >= 0.3 is 0 Å². The fourth-order valence-corrected chi connectivity index (χ4v) is 5.49. The van der Waals surface area contributed by atoms with Gasteiger partial charge in [0.25, 0.3) is 5.91 Å². The van der Waals surface area contributed by atoms with E-state index in [1.165, 1.54) is 49.9 Å². The van der Waals surface area contributed by atoms with E-state index in [-0.39, 0.29) is 23.7 Å². The Hall–Kier alpha value is -3.55. The first-order valence-corrected chi connectivity index (χ1v) is 11.8. The molecule has 0 radical (unpaired) electrons. The third kappa shape index (κ3) is 3.77. The molecule has 2 N–H and O–H groups in total. The maximum atomic E-state index is 14.4. The number of halogens is 2. The van der Waals surface area contributed by atoms with Gasteiger partial charge in [0.2, 0.25) is 0 Å². The lowest BCUT2D eigenvalue weighted by atomic mass is 9.84. The lowest BCUT2D eigenvalue weighted by molar-refractivity contribution is 0.0966. The summed E-state index contributed by atoms with van der Waals surface area (Å²) in [6, 6.07) is 9.13. The summed E-state index contributed by atoms with van der Waals surface area (Å²) in [5.74, 6) is 0.379. The quantitative estimate of drug-likeness (QED) is 0.570. The lowest BCUT2D eigenvalue weighted by Crippen LogP contribution is -2.28. The fraction of sp³-hybridized carbons (Fsp3) is 0.346. The van der Waals surface area contributed by atoms with E-state index in [0.717, 1.165) is 30.6 Å². The Morgan fingerprint density at radius 1 is 0.971 bits per heavy atom. The van der Waals surface area contributed by atoms with E-state index < -0.39 is 11.6 Å². The van der Waals surface area contributed by atoms with Crippen LogP contribution in [0.3, 0.4) is 0 Å². The Labute approximate surface area is 196 Å². The monoisotopic (exact) mass is 461 g/mol. The van der Waals surface area contributed by atoms with Crippen LogP contribution in [0.5, 0.6) is 0 Å². The Morgan fingerprint density at radius 2 is 1.68 bits per heavy atom. The SMILES string of the molecule is O=C1NCc2nc(-c3c(F)cccc3F)cc(Nc3ccc(N4C[C@H]5CC[C@H](CC5)C4)cn3)c21. The summed E-state index contributed by atoms with van der Waals surface area (Å²) in [6.07, 6.45) is 7.11. The van der Waals surface area contributed by atoms with Crippen molar-refractivity contribution in [2.75, 3.05) is 23.3 Å². The van der Waals surface area contributed by atoms with Gasteiger partial charge in [-0.25, -0.2) is 18.7 Å². The molecular formula is C26H25F2N5O. The molecule has 1 aliphatic carbocycles. The molecular weight excluding hydrogens is 436 g/mol. The number of pyridine rings is 2. The molecule has 1 amide bonds. The predicted molar refractivity (Wildman–Crippen MR) is 126 cm³/mol. The zero-order valence-corrected chi connectivity index (χ0v) is 18.7. The van der Waals surface area contributed by atoms with Crippen LogP contribution in [-0.2, 0) is 6.54 Å². The third-order valence-electron chi connectivity index (χ3n) is 7.26. The number of fused-ring (bicyclic) bond motifs is 5. The van der Waals surface area contributed by atoms with Crippen LogP contribution >= 0.6 is 0 Å². The molecule has 2 saturated heterocycles. The molecule has 174 valence electrons. The number of aromatic nitrogens is 2. The molecule has 0 atom stereocenters. The van der Waals surface area contributed by atoms with Gasteiger partial charge in [-0.2, -0.15) is 0 Å². The molecule has 8 heteroatoms. The van der Waals surface area contributed by atoms with E-state index in [9.17, 15) is 13.6 Å². The van der Waals surface area contributed by atoms with E-state index >= 15 is 0 Å². The number of nitrogens with zero attached hydrogens (tertiary/aromatic N) is 3. The van der Waals surface area contributed by atoms with Gasteiger partial charge in [0.15, 0.2) is 0 Å². The highest BCUT2D eigenvalue weighted by atomic mass is 19.1. The van der Waals surface area contributed by atoms with Crippen LogP contribution < -0.4 is 15.5 Å². The van der Waals surface area contributed by atoms with Gasteiger partial charge < -0.3 is 15.5 Å². The molecule has 3 fully saturated rings. The summed E-state index contributed by atoms with van der Waals surface area (Å²) in [6.45, 7) is 2.34. The van der Waals surface area contributed by atoms with Crippen molar-refractivity contribution in [2.24, 2.45) is 11.8 Å². The second kappa shape index (κ2) is 8.34. The van der Waals surface area contributed by atoms with Crippen molar-refractivity contribution in [1.29, 1.82) is 0 Å². The average molecular weight is 462 g/mol. The largest absolute Gasteiger partial charge is 0.370 e. The van der Waals surface area contributed by atoms with E-state index in [1.54, 1.807) is 0 Å². The number of carbonyl (C=O) groups is 1. The van der Waals surface area contributed by atoms with Gasteiger partial charge in [-0.3, -0.25) is 4.79 Å². The Morgan fingerprint density at radius 3 is 2.32 bits per heavy atom. The summed E-state index contributed by atoms with van der Waals surface area (Å²) < 4.78 is 28.9.